The molecule has 0 atom stereocenters. The van der Waals surface area contributed by atoms with Gasteiger partial charge in [-0.25, -0.2) is 0 Å². The molecule has 3 rings (SSSR count). The quantitative estimate of drug-likeness (QED) is 0.124. The molecule has 182 valence electrons. The molecule has 0 fully saturated rings. The average molecular weight is 461 g/mol. The molecule has 34 heavy (non-hydrogen) atoms. The van der Waals surface area contributed by atoms with Crippen LogP contribution in [-0.4, -0.2) is 16.9 Å². The Morgan fingerprint density at radius 3 is 1.56 bits per heavy atom. The molecule has 0 saturated carbocycles. The number of carboxylic acid groups (broad SMARTS) is 1. The van der Waals surface area contributed by atoms with Crippen LogP contribution in [0.1, 0.15) is 107 Å². The van der Waals surface area contributed by atoms with Crippen LogP contribution >= 0.6 is 0 Å². The number of carbonyl (C=O) groups excluding carboxylic acids is 1. The molecule has 3 aromatic rings. The second-order valence-corrected chi connectivity index (χ2v) is 9.64. The van der Waals surface area contributed by atoms with Crippen LogP contribution in [0, 0.1) is 0 Å². The molecule has 0 radical (unpaired) electrons. The van der Waals surface area contributed by atoms with Crippen LogP contribution < -0.4 is 0 Å². The van der Waals surface area contributed by atoms with Crippen molar-refractivity contribution in [3.8, 4) is 0 Å². The first-order chi connectivity index (χ1) is 16.6. The Hall–Kier alpha value is -2.68. The Labute approximate surface area is 204 Å². The summed E-state index contributed by atoms with van der Waals surface area (Å²) in [5.41, 5.74) is 0.866. The largest absolute Gasteiger partial charge is 0.481 e. The first-order valence-corrected chi connectivity index (χ1v) is 13.3. The van der Waals surface area contributed by atoms with E-state index >= 15 is 0 Å². The lowest BCUT2D eigenvalue weighted by Gasteiger charge is -2.08. The number of unbranched alkanes of at least 4 members (excludes halogenated alkanes) is 12. The van der Waals surface area contributed by atoms with Crippen molar-refractivity contribution in [1.29, 1.82) is 0 Å². The van der Waals surface area contributed by atoms with Crippen molar-refractivity contribution in [2.24, 2.45) is 0 Å². The number of rotatable bonds is 17. The Morgan fingerprint density at radius 1 is 0.529 bits per heavy atom. The Morgan fingerprint density at radius 2 is 1.00 bits per heavy atom. The van der Waals surface area contributed by atoms with Crippen molar-refractivity contribution in [2.75, 3.05) is 0 Å². The monoisotopic (exact) mass is 460 g/mol. The van der Waals surface area contributed by atoms with Gasteiger partial charge in [-0.1, -0.05) is 113 Å². The molecular weight excluding hydrogens is 420 g/mol. The third-order valence-corrected chi connectivity index (χ3v) is 6.84. The predicted molar refractivity (Wildman–Crippen MR) is 143 cm³/mol. The highest BCUT2D eigenvalue weighted by molar-refractivity contribution is 6.11. The average Bonchev–Trinajstić information content (AvgIpc) is 2.84. The van der Waals surface area contributed by atoms with Crippen molar-refractivity contribution in [3.63, 3.8) is 0 Å². The number of Topliss-reactive ketones (excluding diaryl/α,β-unsaturated/α-hetero) is 1. The first-order valence-electron chi connectivity index (χ1n) is 13.3. The van der Waals surface area contributed by atoms with Gasteiger partial charge >= 0.3 is 5.97 Å². The third kappa shape index (κ3) is 8.59. The summed E-state index contributed by atoms with van der Waals surface area (Å²) < 4.78 is 0. The van der Waals surface area contributed by atoms with Crippen LogP contribution in [0.2, 0.25) is 0 Å². The van der Waals surface area contributed by atoms with Crippen LogP contribution in [0.5, 0.6) is 0 Å². The minimum absolute atomic E-state index is 0.267. The Balaban J connectivity index is 1.25. The van der Waals surface area contributed by atoms with Gasteiger partial charge in [-0.15, -0.1) is 0 Å². The fourth-order valence-corrected chi connectivity index (χ4v) is 4.85. The highest BCUT2D eigenvalue weighted by atomic mass is 16.4. The maximum absolute atomic E-state index is 12.9. The summed E-state index contributed by atoms with van der Waals surface area (Å²) in [7, 11) is 0. The second-order valence-electron chi connectivity index (χ2n) is 9.64. The lowest BCUT2D eigenvalue weighted by Crippen LogP contribution is -2.00. The Kier molecular flexibility index (Phi) is 11.1. The van der Waals surface area contributed by atoms with Gasteiger partial charge in [0.1, 0.15) is 0 Å². The fraction of sp³-hybridized carbons (Fsp3) is 0.484. The van der Waals surface area contributed by atoms with E-state index in [2.05, 4.69) is 36.4 Å². The second kappa shape index (κ2) is 14.6. The summed E-state index contributed by atoms with van der Waals surface area (Å²) in [5, 5.41) is 13.2. The van der Waals surface area contributed by atoms with Crippen molar-refractivity contribution >= 4 is 33.3 Å². The van der Waals surface area contributed by atoms with E-state index in [1.807, 2.05) is 18.2 Å². The number of fused-ring (bicyclic) bond motifs is 2. The van der Waals surface area contributed by atoms with Gasteiger partial charge in [0, 0.05) is 18.4 Å². The van der Waals surface area contributed by atoms with E-state index in [1.165, 1.54) is 68.6 Å². The number of aliphatic carboxylic acids is 1. The van der Waals surface area contributed by atoms with Crippen LogP contribution in [-0.2, 0) is 4.79 Å². The van der Waals surface area contributed by atoms with Gasteiger partial charge in [-0.2, -0.15) is 0 Å². The van der Waals surface area contributed by atoms with Crippen molar-refractivity contribution < 1.29 is 14.7 Å². The summed E-state index contributed by atoms with van der Waals surface area (Å²) in [4.78, 5) is 23.4. The standard InChI is InChI=1S/C31H40O3/c32-30(28-20-16-19-27-23-25-17-14-15-18-26(25)24-29(27)28)21-12-10-8-6-4-2-1-3-5-7-9-11-13-22-31(33)34/h14-20,23-24H,1-13,21-22H2,(H,33,34). The van der Waals surface area contributed by atoms with Gasteiger partial charge < -0.3 is 5.11 Å². The number of benzene rings is 3. The van der Waals surface area contributed by atoms with E-state index in [9.17, 15) is 9.59 Å². The van der Waals surface area contributed by atoms with E-state index in [-0.39, 0.29) is 5.78 Å². The van der Waals surface area contributed by atoms with Crippen LogP contribution in [0.25, 0.3) is 21.5 Å². The molecule has 0 aliphatic rings. The summed E-state index contributed by atoms with van der Waals surface area (Å²) in [6, 6.07) is 18.8. The number of ketones is 1. The molecule has 0 amide bonds. The van der Waals surface area contributed by atoms with E-state index < -0.39 is 5.97 Å². The minimum Gasteiger partial charge on any atom is -0.481 e. The fourth-order valence-electron chi connectivity index (χ4n) is 4.85. The van der Waals surface area contributed by atoms with Gasteiger partial charge in [-0.3, -0.25) is 9.59 Å². The topological polar surface area (TPSA) is 54.4 Å². The maximum Gasteiger partial charge on any atom is 0.303 e. The van der Waals surface area contributed by atoms with Crippen LogP contribution in [0.4, 0.5) is 0 Å². The number of hydrogen-bond acceptors (Lipinski definition) is 2. The highest BCUT2D eigenvalue weighted by Gasteiger charge is 2.10. The molecule has 1 N–H and O–H groups in total. The highest BCUT2D eigenvalue weighted by Crippen LogP contribution is 2.26. The zero-order chi connectivity index (χ0) is 24.0. The molecule has 3 heteroatoms. The minimum atomic E-state index is -0.676. The summed E-state index contributed by atoms with van der Waals surface area (Å²) in [6.07, 6.45) is 16.3. The van der Waals surface area contributed by atoms with Crippen LogP contribution in [0.3, 0.4) is 0 Å². The molecule has 0 unspecified atom stereocenters. The van der Waals surface area contributed by atoms with Crippen molar-refractivity contribution in [1.82, 2.24) is 0 Å². The van der Waals surface area contributed by atoms with E-state index in [1.54, 1.807) is 0 Å². The molecule has 0 aromatic heterocycles. The molecule has 0 heterocycles. The predicted octanol–water partition coefficient (Wildman–Crippen LogP) is 9.11. The van der Waals surface area contributed by atoms with Crippen LogP contribution in [0.15, 0.2) is 54.6 Å². The molecule has 0 aliphatic carbocycles. The van der Waals surface area contributed by atoms with Gasteiger partial charge in [0.15, 0.2) is 5.78 Å². The lowest BCUT2D eigenvalue weighted by molar-refractivity contribution is -0.137. The molecule has 0 bridgehead atoms. The summed E-state index contributed by atoms with van der Waals surface area (Å²) in [5.74, 6) is -0.408. The molecule has 3 nitrogen and oxygen atoms in total. The van der Waals surface area contributed by atoms with Crippen molar-refractivity contribution in [2.45, 2.75) is 96.3 Å². The zero-order valence-corrected chi connectivity index (χ0v) is 20.6. The van der Waals surface area contributed by atoms with Gasteiger partial charge in [0.05, 0.1) is 0 Å². The number of carbonyl (C=O) groups is 2. The molecule has 0 aliphatic heterocycles. The van der Waals surface area contributed by atoms with Crippen molar-refractivity contribution in [3.05, 3.63) is 60.2 Å². The molecule has 0 spiro atoms. The van der Waals surface area contributed by atoms with E-state index in [0.29, 0.717) is 12.8 Å². The normalized spacial score (nSPS) is 11.3. The molecule has 3 aromatic carbocycles. The first kappa shape index (κ1) is 25.9. The summed E-state index contributed by atoms with van der Waals surface area (Å²) >= 11 is 0. The molecule has 0 saturated heterocycles. The van der Waals surface area contributed by atoms with Gasteiger partial charge in [0.2, 0.25) is 0 Å². The number of hydrogen-bond donors (Lipinski definition) is 1. The maximum atomic E-state index is 12.9. The lowest BCUT2D eigenvalue weighted by atomic mass is 9.95. The Bertz CT molecular complexity index is 1050. The summed E-state index contributed by atoms with van der Waals surface area (Å²) in [6.45, 7) is 0. The third-order valence-electron chi connectivity index (χ3n) is 6.84. The molecular formula is C31H40O3. The SMILES string of the molecule is O=C(O)CCCCCCCCCCCCCCCC(=O)c1cccc2cc3ccccc3cc12. The smallest absolute Gasteiger partial charge is 0.303 e. The van der Waals surface area contributed by atoms with Gasteiger partial charge in [0.25, 0.3) is 0 Å². The number of carboxylic acids is 1. The zero-order valence-electron chi connectivity index (χ0n) is 20.6. The van der Waals surface area contributed by atoms with E-state index in [4.69, 9.17) is 5.11 Å². The van der Waals surface area contributed by atoms with Gasteiger partial charge in [-0.05, 0) is 46.5 Å². The van der Waals surface area contributed by atoms with E-state index in [0.717, 1.165) is 42.0 Å².